The lowest BCUT2D eigenvalue weighted by Crippen LogP contribution is -2.61. The molecule has 1 saturated heterocycles. The molecule has 1 amide bonds. The zero-order chi connectivity index (χ0) is 13.2. The molecule has 1 heterocycles. The maximum absolute atomic E-state index is 11.8. The summed E-state index contributed by atoms with van der Waals surface area (Å²) in [6, 6.07) is 0.118. The fraction of sp³-hybridized carbons (Fsp3) is 0.929. The van der Waals surface area contributed by atoms with Crippen LogP contribution in [0.15, 0.2) is 0 Å². The number of nitrogens with one attached hydrogen (secondary N) is 1. The van der Waals surface area contributed by atoms with E-state index in [1.54, 1.807) is 0 Å². The molecule has 1 aliphatic heterocycles. The lowest BCUT2D eigenvalue weighted by Gasteiger charge is -2.49. The summed E-state index contributed by atoms with van der Waals surface area (Å²) in [6.45, 7) is 4.83. The number of aliphatic hydroxyl groups excluding tert-OH is 1. The molecule has 0 bridgehead atoms. The smallest absolute Gasteiger partial charge is 0.220 e. The van der Waals surface area contributed by atoms with E-state index < -0.39 is 0 Å². The van der Waals surface area contributed by atoms with Gasteiger partial charge in [0, 0.05) is 24.5 Å². The van der Waals surface area contributed by atoms with Crippen LogP contribution in [0, 0.1) is 5.41 Å². The topological polar surface area (TPSA) is 58.6 Å². The first-order chi connectivity index (χ1) is 8.50. The Hall–Kier alpha value is -0.610. The largest absolute Gasteiger partial charge is 0.392 e. The molecule has 0 radical (unpaired) electrons. The number of amides is 1. The van der Waals surface area contributed by atoms with Gasteiger partial charge in [-0.3, -0.25) is 4.79 Å². The third kappa shape index (κ3) is 3.04. The Morgan fingerprint density at radius 1 is 1.44 bits per heavy atom. The van der Waals surface area contributed by atoms with Crippen LogP contribution < -0.4 is 5.32 Å². The summed E-state index contributed by atoms with van der Waals surface area (Å²) in [5.41, 5.74) is -0.184. The highest BCUT2D eigenvalue weighted by Gasteiger charge is 2.47. The number of rotatable bonds is 4. The Kier molecular flexibility index (Phi) is 4.28. The molecule has 0 aromatic carbocycles. The molecule has 0 spiro atoms. The Morgan fingerprint density at radius 3 is 2.78 bits per heavy atom. The Labute approximate surface area is 109 Å². The molecule has 1 aliphatic carbocycles. The molecule has 2 rings (SSSR count). The van der Waals surface area contributed by atoms with Gasteiger partial charge in [0.05, 0.1) is 12.2 Å². The van der Waals surface area contributed by atoms with Gasteiger partial charge in [0.2, 0.25) is 5.91 Å². The Balaban J connectivity index is 1.66. The second kappa shape index (κ2) is 5.57. The Morgan fingerprint density at radius 2 is 2.22 bits per heavy atom. The first-order valence-corrected chi connectivity index (χ1v) is 7.09. The standard InChI is InChI=1S/C14H25NO3/c1-14(2)11(9-12(14)16)15-13(17)7-6-10-5-3-4-8-18-10/h10-12,16H,3-9H2,1-2H3,(H,15,17). The van der Waals surface area contributed by atoms with E-state index in [-0.39, 0.29) is 29.6 Å². The van der Waals surface area contributed by atoms with Crippen molar-refractivity contribution in [1.29, 1.82) is 0 Å². The average molecular weight is 255 g/mol. The molecule has 3 atom stereocenters. The van der Waals surface area contributed by atoms with E-state index in [4.69, 9.17) is 4.74 Å². The van der Waals surface area contributed by atoms with Gasteiger partial charge in [0.15, 0.2) is 0 Å². The van der Waals surface area contributed by atoms with Crippen molar-refractivity contribution in [2.45, 2.75) is 70.6 Å². The number of carbonyl (C=O) groups is 1. The number of aliphatic hydroxyl groups is 1. The summed E-state index contributed by atoms with van der Waals surface area (Å²) < 4.78 is 5.61. The maximum Gasteiger partial charge on any atom is 0.220 e. The highest BCUT2D eigenvalue weighted by atomic mass is 16.5. The number of ether oxygens (including phenoxy) is 1. The zero-order valence-corrected chi connectivity index (χ0v) is 11.4. The van der Waals surface area contributed by atoms with Crippen LogP contribution in [0.25, 0.3) is 0 Å². The third-order valence-corrected chi connectivity index (χ3v) is 4.52. The lowest BCUT2D eigenvalue weighted by molar-refractivity contribution is -0.130. The molecular weight excluding hydrogens is 230 g/mol. The van der Waals surface area contributed by atoms with Crippen LogP contribution >= 0.6 is 0 Å². The van der Waals surface area contributed by atoms with Gasteiger partial charge in [-0.1, -0.05) is 13.8 Å². The monoisotopic (exact) mass is 255 g/mol. The molecule has 1 saturated carbocycles. The zero-order valence-electron chi connectivity index (χ0n) is 11.4. The molecule has 0 aromatic rings. The maximum atomic E-state index is 11.8. The van der Waals surface area contributed by atoms with Crippen molar-refractivity contribution in [3.05, 3.63) is 0 Å². The van der Waals surface area contributed by atoms with Gasteiger partial charge >= 0.3 is 0 Å². The van der Waals surface area contributed by atoms with E-state index in [1.807, 2.05) is 13.8 Å². The second-order valence-corrected chi connectivity index (χ2v) is 6.22. The number of carbonyl (C=O) groups excluding carboxylic acids is 1. The van der Waals surface area contributed by atoms with E-state index in [9.17, 15) is 9.90 Å². The van der Waals surface area contributed by atoms with Crippen molar-refractivity contribution in [2.24, 2.45) is 5.41 Å². The molecule has 2 N–H and O–H groups in total. The SMILES string of the molecule is CC1(C)C(O)CC1NC(=O)CCC1CCCCO1. The summed E-state index contributed by atoms with van der Waals surface area (Å²) >= 11 is 0. The second-order valence-electron chi connectivity index (χ2n) is 6.22. The number of hydrogen-bond donors (Lipinski definition) is 2. The van der Waals surface area contributed by atoms with Crippen LogP contribution in [-0.4, -0.2) is 35.9 Å². The molecular formula is C14H25NO3. The first kappa shape index (κ1) is 13.8. The van der Waals surface area contributed by atoms with E-state index in [1.165, 1.54) is 6.42 Å². The normalized spacial score (nSPS) is 34.7. The molecule has 18 heavy (non-hydrogen) atoms. The summed E-state index contributed by atoms with van der Waals surface area (Å²) in [6.07, 6.45) is 5.47. The number of hydrogen-bond acceptors (Lipinski definition) is 3. The quantitative estimate of drug-likeness (QED) is 0.802. The van der Waals surface area contributed by atoms with E-state index in [0.717, 1.165) is 25.9 Å². The summed E-state index contributed by atoms with van der Waals surface area (Å²) in [7, 11) is 0. The lowest BCUT2D eigenvalue weighted by atomic mass is 9.64. The first-order valence-electron chi connectivity index (χ1n) is 7.09. The van der Waals surface area contributed by atoms with Crippen molar-refractivity contribution in [2.75, 3.05) is 6.61 Å². The van der Waals surface area contributed by atoms with Crippen LogP contribution in [0.2, 0.25) is 0 Å². The molecule has 0 aromatic heterocycles. The van der Waals surface area contributed by atoms with Crippen molar-refractivity contribution in [3.63, 3.8) is 0 Å². The minimum atomic E-state index is -0.288. The highest BCUT2D eigenvalue weighted by Crippen LogP contribution is 2.40. The fourth-order valence-electron chi connectivity index (χ4n) is 2.74. The fourth-order valence-corrected chi connectivity index (χ4v) is 2.74. The van der Waals surface area contributed by atoms with Crippen LogP contribution in [0.1, 0.15) is 52.4 Å². The molecule has 2 aliphatic rings. The molecule has 104 valence electrons. The van der Waals surface area contributed by atoms with Gasteiger partial charge < -0.3 is 15.2 Å². The average Bonchev–Trinajstić information content (AvgIpc) is 2.37. The predicted molar refractivity (Wildman–Crippen MR) is 69.2 cm³/mol. The van der Waals surface area contributed by atoms with Crippen molar-refractivity contribution < 1.29 is 14.6 Å². The summed E-state index contributed by atoms with van der Waals surface area (Å²) in [5.74, 6) is 0.0918. The van der Waals surface area contributed by atoms with Gasteiger partial charge in [0.25, 0.3) is 0 Å². The minimum absolute atomic E-state index is 0.0918. The van der Waals surface area contributed by atoms with Crippen LogP contribution in [-0.2, 0) is 9.53 Å². The van der Waals surface area contributed by atoms with Crippen molar-refractivity contribution in [3.8, 4) is 0 Å². The van der Waals surface area contributed by atoms with E-state index >= 15 is 0 Å². The van der Waals surface area contributed by atoms with Crippen LogP contribution in [0.4, 0.5) is 0 Å². The van der Waals surface area contributed by atoms with Gasteiger partial charge in [-0.25, -0.2) is 0 Å². The van der Waals surface area contributed by atoms with Gasteiger partial charge in [0.1, 0.15) is 0 Å². The van der Waals surface area contributed by atoms with Crippen LogP contribution in [0.5, 0.6) is 0 Å². The highest BCUT2D eigenvalue weighted by molar-refractivity contribution is 5.76. The van der Waals surface area contributed by atoms with Gasteiger partial charge in [-0.05, 0) is 32.1 Å². The third-order valence-electron chi connectivity index (χ3n) is 4.52. The van der Waals surface area contributed by atoms with Crippen molar-refractivity contribution >= 4 is 5.91 Å². The minimum Gasteiger partial charge on any atom is -0.392 e. The molecule has 2 fully saturated rings. The summed E-state index contributed by atoms with van der Waals surface area (Å²) in [4.78, 5) is 11.8. The van der Waals surface area contributed by atoms with Crippen LogP contribution in [0.3, 0.4) is 0 Å². The van der Waals surface area contributed by atoms with E-state index in [2.05, 4.69) is 5.32 Å². The molecule has 3 unspecified atom stereocenters. The summed E-state index contributed by atoms with van der Waals surface area (Å²) in [5, 5.41) is 12.6. The molecule has 4 heteroatoms. The van der Waals surface area contributed by atoms with Gasteiger partial charge in [-0.2, -0.15) is 0 Å². The molecule has 4 nitrogen and oxygen atoms in total. The van der Waals surface area contributed by atoms with E-state index in [0.29, 0.717) is 12.8 Å². The Bertz CT molecular complexity index is 297. The predicted octanol–water partition coefficient (Wildman–Crippen LogP) is 1.61. The van der Waals surface area contributed by atoms with Crippen molar-refractivity contribution in [1.82, 2.24) is 5.32 Å². The van der Waals surface area contributed by atoms with Gasteiger partial charge in [-0.15, -0.1) is 0 Å².